The predicted molar refractivity (Wildman–Crippen MR) is 90.2 cm³/mol. The molecule has 0 saturated carbocycles. The van der Waals surface area contributed by atoms with Crippen molar-refractivity contribution in [3.05, 3.63) is 35.9 Å². The summed E-state index contributed by atoms with van der Waals surface area (Å²) in [5.41, 5.74) is -0.0670. The molecule has 0 bridgehead atoms. The molecule has 1 N–H and O–H groups in total. The summed E-state index contributed by atoms with van der Waals surface area (Å²) in [6, 6.07) is 6.20. The lowest BCUT2D eigenvalue weighted by Crippen LogP contribution is -2.51. The highest BCUT2D eigenvalue weighted by Gasteiger charge is 2.45. The third-order valence-electron chi connectivity index (χ3n) is 5.11. The molecule has 0 aliphatic carbocycles. The molecule has 2 fully saturated rings. The molecule has 3 rings (SSSR count). The van der Waals surface area contributed by atoms with E-state index in [0.29, 0.717) is 31.5 Å². The Labute approximate surface area is 146 Å². The van der Waals surface area contributed by atoms with E-state index in [1.54, 1.807) is 30.3 Å². The van der Waals surface area contributed by atoms with Gasteiger partial charge in [-0.15, -0.1) is 0 Å². The molecule has 8 heteroatoms. The summed E-state index contributed by atoms with van der Waals surface area (Å²) >= 11 is 0. The van der Waals surface area contributed by atoms with Crippen LogP contribution < -0.4 is 5.32 Å². The lowest BCUT2D eigenvalue weighted by atomic mass is 9.80. The van der Waals surface area contributed by atoms with Gasteiger partial charge in [0.05, 0.1) is 11.5 Å². The van der Waals surface area contributed by atoms with Crippen molar-refractivity contribution in [3.63, 3.8) is 0 Å². The number of likely N-dealkylation sites (tertiary alicyclic amines) is 1. The van der Waals surface area contributed by atoms with Crippen LogP contribution in [0.5, 0.6) is 0 Å². The Kier molecular flexibility index (Phi) is 4.99. The summed E-state index contributed by atoms with van der Waals surface area (Å²) in [5, 5.41) is 2.42. The Morgan fingerprint density at radius 2 is 1.92 bits per heavy atom. The van der Waals surface area contributed by atoms with Gasteiger partial charge in [-0.3, -0.25) is 0 Å². The van der Waals surface area contributed by atoms with E-state index in [1.807, 2.05) is 0 Å². The Morgan fingerprint density at radius 1 is 1.20 bits per heavy atom. The number of nitrogens with one attached hydrogen (secondary N) is 1. The van der Waals surface area contributed by atoms with Crippen molar-refractivity contribution in [3.8, 4) is 0 Å². The molecule has 1 aromatic carbocycles. The zero-order valence-corrected chi connectivity index (χ0v) is 14.6. The van der Waals surface area contributed by atoms with Crippen molar-refractivity contribution in [1.29, 1.82) is 0 Å². The first kappa shape index (κ1) is 18.1. The predicted octanol–water partition coefficient (Wildman–Crippen LogP) is 2.60. The van der Waals surface area contributed by atoms with E-state index in [2.05, 4.69) is 5.32 Å². The zero-order valence-electron chi connectivity index (χ0n) is 13.8. The number of halogens is 2. The second-order valence-electron chi connectivity index (χ2n) is 7.04. The number of sulfone groups is 1. The first-order valence-electron chi connectivity index (χ1n) is 8.39. The van der Waals surface area contributed by atoms with Crippen LogP contribution in [-0.2, 0) is 9.84 Å². The fraction of sp³-hybridized carbons (Fsp3) is 0.588. The number of nitrogens with zero attached hydrogens (tertiary/aromatic N) is 1. The van der Waals surface area contributed by atoms with Crippen LogP contribution in [0.15, 0.2) is 30.3 Å². The number of piperidine rings is 1. The average Bonchev–Trinajstić information content (AvgIpc) is 2.87. The summed E-state index contributed by atoms with van der Waals surface area (Å²) in [6.45, 7) is 0.765. The van der Waals surface area contributed by atoms with E-state index < -0.39 is 33.8 Å². The van der Waals surface area contributed by atoms with Gasteiger partial charge >= 0.3 is 6.03 Å². The number of carbonyl (C=O) groups is 1. The molecule has 1 aromatic rings. The fourth-order valence-electron chi connectivity index (χ4n) is 3.86. The van der Waals surface area contributed by atoms with Gasteiger partial charge in [-0.1, -0.05) is 30.3 Å². The fourth-order valence-corrected chi connectivity index (χ4v) is 6.06. The minimum absolute atomic E-state index is 0.0841. The van der Waals surface area contributed by atoms with Crippen LogP contribution in [0.1, 0.15) is 30.9 Å². The number of alkyl halides is 2. The van der Waals surface area contributed by atoms with Crippen LogP contribution in [-0.4, -0.2) is 50.4 Å². The first-order chi connectivity index (χ1) is 11.8. The van der Waals surface area contributed by atoms with E-state index >= 15 is 0 Å². The van der Waals surface area contributed by atoms with Gasteiger partial charge in [0.1, 0.15) is 6.04 Å². The lowest BCUT2D eigenvalue weighted by Gasteiger charge is -2.40. The number of hydrogen-bond acceptors (Lipinski definition) is 3. The molecular formula is C17H22F2N2O3S. The van der Waals surface area contributed by atoms with Gasteiger partial charge in [0.15, 0.2) is 9.84 Å². The number of amides is 2. The van der Waals surface area contributed by atoms with E-state index in [1.165, 1.54) is 4.90 Å². The van der Waals surface area contributed by atoms with Crippen molar-refractivity contribution in [1.82, 2.24) is 10.2 Å². The van der Waals surface area contributed by atoms with Crippen LogP contribution in [0.4, 0.5) is 13.6 Å². The smallest absolute Gasteiger partial charge is 0.318 e. The molecule has 2 aliphatic rings. The van der Waals surface area contributed by atoms with Crippen molar-refractivity contribution >= 4 is 15.9 Å². The lowest BCUT2D eigenvalue weighted by molar-refractivity contribution is 0.0853. The third-order valence-corrected chi connectivity index (χ3v) is 6.99. The number of benzene rings is 1. The molecule has 0 aromatic heterocycles. The normalized spacial score (nSPS) is 26.8. The average molecular weight is 372 g/mol. The maximum Gasteiger partial charge on any atom is 0.318 e. The van der Waals surface area contributed by atoms with Gasteiger partial charge < -0.3 is 10.2 Å². The summed E-state index contributed by atoms with van der Waals surface area (Å²) in [7, 11) is -3.06. The SMILES string of the molecule is O=C(NC(c1ccccc1)C(F)F)N1CCCC2(CCS(=O)(=O)C2)C1. The summed E-state index contributed by atoms with van der Waals surface area (Å²) in [6.07, 6.45) is -0.742. The molecule has 5 nitrogen and oxygen atoms in total. The van der Waals surface area contributed by atoms with Crippen LogP contribution in [0.25, 0.3) is 0 Å². The highest BCUT2D eigenvalue weighted by atomic mass is 32.2. The number of hydrogen-bond donors (Lipinski definition) is 1. The highest BCUT2D eigenvalue weighted by Crippen LogP contribution is 2.40. The number of carbonyl (C=O) groups excluding carboxylic acids is 1. The quantitative estimate of drug-likeness (QED) is 0.887. The maximum atomic E-state index is 13.4. The molecule has 138 valence electrons. The minimum Gasteiger partial charge on any atom is -0.325 e. The Morgan fingerprint density at radius 3 is 2.52 bits per heavy atom. The van der Waals surface area contributed by atoms with Crippen LogP contribution >= 0.6 is 0 Å². The van der Waals surface area contributed by atoms with E-state index in [0.717, 1.165) is 6.42 Å². The second kappa shape index (κ2) is 6.90. The van der Waals surface area contributed by atoms with E-state index in [9.17, 15) is 22.0 Å². The molecule has 2 saturated heterocycles. The van der Waals surface area contributed by atoms with Crippen molar-refractivity contribution in [2.75, 3.05) is 24.6 Å². The van der Waals surface area contributed by atoms with Crippen LogP contribution in [0.3, 0.4) is 0 Å². The molecule has 2 heterocycles. The Bertz CT molecular complexity index is 727. The highest BCUT2D eigenvalue weighted by molar-refractivity contribution is 7.91. The molecular weight excluding hydrogens is 350 g/mol. The van der Waals surface area contributed by atoms with Crippen LogP contribution in [0, 0.1) is 5.41 Å². The zero-order chi connectivity index (χ0) is 18.1. The molecule has 2 atom stereocenters. The molecule has 2 aliphatic heterocycles. The number of rotatable bonds is 3. The molecule has 1 spiro atoms. The monoisotopic (exact) mass is 372 g/mol. The molecule has 2 unspecified atom stereocenters. The van der Waals surface area contributed by atoms with Crippen molar-refractivity contribution < 1.29 is 22.0 Å². The first-order valence-corrected chi connectivity index (χ1v) is 10.2. The van der Waals surface area contributed by atoms with Crippen molar-refractivity contribution in [2.24, 2.45) is 5.41 Å². The van der Waals surface area contributed by atoms with E-state index in [-0.39, 0.29) is 11.5 Å². The number of urea groups is 1. The van der Waals surface area contributed by atoms with Gasteiger partial charge in [-0.05, 0) is 24.8 Å². The maximum absolute atomic E-state index is 13.4. The Balaban J connectivity index is 1.70. The van der Waals surface area contributed by atoms with Gasteiger partial charge in [0, 0.05) is 18.5 Å². The second-order valence-corrected chi connectivity index (χ2v) is 9.22. The van der Waals surface area contributed by atoms with Gasteiger partial charge in [0.25, 0.3) is 6.43 Å². The van der Waals surface area contributed by atoms with Gasteiger partial charge in [-0.2, -0.15) is 0 Å². The van der Waals surface area contributed by atoms with Gasteiger partial charge in [0.2, 0.25) is 0 Å². The van der Waals surface area contributed by atoms with Crippen molar-refractivity contribution in [2.45, 2.75) is 31.7 Å². The summed E-state index contributed by atoms with van der Waals surface area (Å²) < 4.78 is 50.4. The Hall–Kier alpha value is -1.70. The third kappa shape index (κ3) is 4.11. The summed E-state index contributed by atoms with van der Waals surface area (Å²) in [4.78, 5) is 14.0. The molecule has 25 heavy (non-hydrogen) atoms. The molecule has 0 radical (unpaired) electrons. The topological polar surface area (TPSA) is 66.5 Å². The van der Waals surface area contributed by atoms with Gasteiger partial charge in [-0.25, -0.2) is 22.0 Å². The molecule has 2 amide bonds. The largest absolute Gasteiger partial charge is 0.325 e. The van der Waals surface area contributed by atoms with Crippen LogP contribution in [0.2, 0.25) is 0 Å². The minimum atomic E-state index is -3.06. The summed E-state index contributed by atoms with van der Waals surface area (Å²) in [5.74, 6) is 0.229. The standard InChI is InChI=1S/C17H22F2N2O3S/c18-15(19)14(13-5-2-1-3-6-13)20-16(22)21-9-4-7-17(11-21)8-10-25(23,24)12-17/h1-3,5-6,14-15H,4,7-12H2,(H,20,22). The van der Waals surface area contributed by atoms with E-state index in [4.69, 9.17) is 0 Å².